The minimum atomic E-state index is -1.16. The highest BCUT2D eigenvalue weighted by atomic mass is 16.5. The van der Waals surface area contributed by atoms with Crippen molar-refractivity contribution in [2.45, 2.75) is 30.7 Å². The van der Waals surface area contributed by atoms with Gasteiger partial charge in [0.15, 0.2) is 17.1 Å². The number of aliphatic hydroxyl groups is 2. The Morgan fingerprint density at radius 3 is 2.59 bits per heavy atom. The maximum Gasteiger partial charge on any atom is 0.290 e. The summed E-state index contributed by atoms with van der Waals surface area (Å²) in [5.74, 6) is -0.251. The van der Waals surface area contributed by atoms with Crippen molar-refractivity contribution in [2.75, 3.05) is 20.3 Å². The first-order chi connectivity index (χ1) is 20.0. The van der Waals surface area contributed by atoms with Crippen LogP contribution >= 0.6 is 0 Å². The van der Waals surface area contributed by atoms with Crippen molar-refractivity contribution >= 4 is 22.8 Å². The number of aliphatic hydroxyl groups excluding tert-OH is 2. The number of hydrogen-bond acceptors (Lipinski definition) is 7. The van der Waals surface area contributed by atoms with Crippen LogP contribution in [-0.2, 0) is 11.3 Å². The molecule has 4 unspecified atom stereocenters. The first-order valence-corrected chi connectivity index (χ1v) is 13.5. The summed E-state index contributed by atoms with van der Waals surface area (Å²) in [6, 6.07) is 22.9. The Balaban J connectivity index is 1.45. The van der Waals surface area contributed by atoms with Crippen molar-refractivity contribution in [3.63, 3.8) is 0 Å². The third-order valence-corrected chi connectivity index (χ3v) is 7.63. The van der Waals surface area contributed by atoms with Crippen molar-refractivity contribution in [1.29, 1.82) is 0 Å². The number of methoxy groups -OCH3 is 1. The maximum atomic E-state index is 14.2. The van der Waals surface area contributed by atoms with Gasteiger partial charge >= 0.3 is 0 Å². The fourth-order valence-electron chi connectivity index (χ4n) is 5.73. The summed E-state index contributed by atoms with van der Waals surface area (Å²) in [5.41, 5.74) is 2.42. The Hall–Kier alpha value is -4.60. The molecule has 6 rings (SSSR count). The number of benzene rings is 3. The molecule has 3 N–H and O–H groups in total. The first-order valence-electron chi connectivity index (χ1n) is 13.5. The van der Waals surface area contributed by atoms with Crippen molar-refractivity contribution in [3.05, 3.63) is 107 Å². The molecule has 2 aliphatic rings. The second-order valence-corrected chi connectivity index (χ2v) is 10.1. The highest BCUT2D eigenvalue weighted by molar-refractivity contribution is 5.99. The topological polar surface area (TPSA) is 121 Å². The van der Waals surface area contributed by atoms with Gasteiger partial charge in [-0.25, -0.2) is 0 Å². The minimum absolute atomic E-state index is 0.0662. The average Bonchev–Trinajstić information content (AvgIpc) is 3.62. The van der Waals surface area contributed by atoms with Crippen LogP contribution < -0.4 is 14.8 Å². The number of ether oxygens (including phenoxy) is 2. The van der Waals surface area contributed by atoms with Gasteiger partial charge in [-0.1, -0.05) is 60.7 Å². The van der Waals surface area contributed by atoms with Gasteiger partial charge in [-0.05, 0) is 29.8 Å². The summed E-state index contributed by atoms with van der Waals surface area (Å²) < 4.78 is 17.6. The number of carbonyl (C=O) groups is 2. The third-order valence-electron chi connectivity index (χ3n) is 7.63. The summed E-state index contributed by atoms with van der Waals surface area (Å²) in [4.78, 5) is 29.1. The lowest BCUT2D eigenvalue weighted by Gasteiger charge is -2.40. The highest BCUT2D eigenvalue weighted by Gasteiger charge is 2.50. The van der Waals surface area contributed by atoms with Crippen LogP contribution in [0.1, 0.15) is 27.6 Å². The number of hydrogen-bond donors (Lipinski definition) is 3. The number of amides is 2. The van der Waals surface area contributed by atoms with Gasteiger partial charge in [0.2, 0.25) is 5.91 Å². The molecule has 2 heterocycles. The lowest BCUT2D eigenvalue weighted by Crippen LogP contribution is -2.55. The fourth-order valence-corrected chi connectivity index (χ4v) is 5.73. The van der Waals surface area contributed by atoms with E-state index in [0.717, 1.165) is 11.1 Å². The predicted octanol–water partition coefficient (Wildman–Crippen LogP) is 3.41. The largest absolute Gasteiger partial charge is 0.493 e. The summed E-state index contributed by atoms with van der Waals surface area (Å²) in [6.45, 7) is -0.0148. The van der Waals surface area contributed by atoms with Crippen LogP contribution in [0.2, 0.25) is 0 Å². The van der Waals surface area contributed by atoms with E-state index in [1.807, 2.05) is 60.7 Å². The van der Waals surface area contributed by atoms with Crippen LogP contribution in [-0.4, -0.2) is 65.4 Å². The molecule has 1 aromatic heterocycles. The van der Waals surface area contributed by atoms with Gasteiger partial charge in [-0.3, -0.25) is 9.59 Å². The number of nitrogens with zero attached hydrogens (tertiary/aromatic N) is 1. The van der Waals surface area contributed by atoms with Gasteiger partial charge in [0.05, 0.1) is 25.7 Å². The van der Waals surface area contributed by atoms with Gasteiger partial charge in [0, 0.05) is 29.6 Å². The molecule has 0 saturated heterocycles. The fraction of sp³-hybridized carbons (Fsp3) is 0.250. The molecule has 0 spiro atoms. The lowest BCUT2D eigenvalue weighted by atomic mass is 9.77. The van der Waals surface area contributed by atoms with E-state index in [4.69, 9.17) is 13.9 Å². The van der Waals surface area contributed by atoms with Crippen LogP contribution in [0.3, 0.4) is 0 Å². The van der Waals surface area contributed by atoms with Crippen LogP contribution in [0.4, 0.5) is 0 Å². The molecule has 0 bridgehead atoms. The third kappa shape index (κ3) is 4.83. The summed E-state index contributed by atoms with van der Waals surface area (Å²) in [6.07, 6.45) is -0.318. The first kappa shape index (κ1) is 26.6. The Bertz CT molecular complexity index is 1610. The Kier molecular flexibility index (Phi) is 7.21. The molecular formula is C32H30N2O7. The van der Waals surface area contributed by atoms with Crippen LogP contribution in [0.25, 0.3) is 11.0 Å². The van der Waals surface area contributed by atoms with Crippen molar-refractivity contribution in [3.8, 4) is 11.5 Å². The van der Waals surface area contributed by atoms with Crippen molar-refractivity contribution in [2.24, 2.45) is 0 Å². The quantitative estimate of drug-likeness (QED) is 0.305. The molecule has 4 atom stereocenters. The van der Waals surface area contributed by atoms with E-state index in [1.165, 1.54) is 12.0 Å². The number of carbonyl (C=O) groups excluding carboxylic acids is 2. The average molecular weight is 555 g/mol. The van der Waals surface area contributed by atoms with Gasteiger partial charge in [0.25, 0.3) is 5.91 Å². The SMILES string of the molecule is COc1cccc2cc(C(=O)N(Cc3ccccc3)C3C=C(C(=O)NCCO)C4c5ccccc5OC4C3O)oc12. The van der Waals surface area contributed by atoms with Gasteiger partial charge in [-0.15, -0.1) is 0 Å². The molecule has 0 saturated carbocycles. The summed E-state index contributed by atoms with van der Waals surface area (Å²) >= 11 is 0. The van der Waals surface area contributed by atoms with Gasteiger partial charge in [-0.2, -0.15) is 0 Å². The van der Waals surface area contributed by atoms with E-state index < -0.39 is 36.0 Å². The number of nitrogens with one attached hydrogen (secondary N) is 1. The number of para-hydroxylation sites is 2. The predicted molar refractivity (Wildman–Crippen MR) is 151 cm³/mol. The molecule has 3 aromatic carbocycles. The zero-order chi connectivity index (χ0) is 28.5. The van der Waals surface area contributed by atoms with Crippen LogP contribution in [0.5, 0.6) is 11.5 Å². The van der Waals surface area contributed by atoms with E-state index in [9.17, 15) is 19.8 Å². The molecule has 0 radical (unpaired) electrons. The Morgan fingerprint density at radius 1 is 1.02 bits per heavy atom. The second kappa shape index (κ2) is 11.1. The van der Waals surface area contributed by atoms with E-state index in [2.05, 4.69) is 5.32 Å². The van der Waals surface area contributed by atoms with Crippen LogP contribution in [0, 0.1) is 0 Å². The molecule has 4 aromatic rings. The highest BCUT2D eigenvalue weighted by Crippen LogP contribution is 2.47. The van der Waals surface area contributed by atoms with Crippen molar-refractivity contribution in [1.82, 2.24) is 10.2 Å². The Labute approximate surface area is 236 Å². The van der Waals surface area contributed by atoms with Crippen molar-refractivity contribution < 1.29 is 33.7 Å². The molecule has 210 valence electrons. The smallest absolute Gasteiger partial charge is 0.290 e. The lowest BCUT2D eigenvalue weighted by molar-refractivity contribution is -0.118. The number of furan rings is 1. The maximum absolute atomic E-state index is 14.2. The molecular weight excluding hydrogens is 524 g/mol. The zero-order valence-corrected chi connectivity index (χ0v) is 22.4. The molecule has 9 heteroatoms. The van der Waals surface area contributed by atoms with Gasteiger partial charge in [0.1, 0.15) is 18.0 Å². The molecule has 1 aliphatic carbocycles. The number of fused-ring (bicyclic) bond motifs is 4. The molecule has 0 fully saturated rings. The molecule has 1 aliphatic heterocycles. The number of rotatable bonds is 8. The van der Waals surface area contributed by atoms with Crippen LogP contribution in [0.15, 0.2) is 94.9 Å². The van der Waals surface area contributed by atoms with E-state index in [-0.39, 0.29) is 25.5 Å². The van der Waals surface area contributed by atoms with E-state index in [0.29, 0.717) is 28.0 Å². The van der Waals surface area contributed by atoms with Gasteiger partial charge < -0.3 is 34.3 Å². The Morgan fingerprint density at radius 2 is 1.80 bits per heavy atom. The second-order valence-electron chi connectivity index (χ2n) is 10.1. The monoisotopic (exact) mass is 554 g/mol. The standard InChI is InChI=1S/C32H30N2O7/c1-39-25-13-7-10-20-16-26(41-29(20)25)32(38)34(18-19-8-3-2-4-9-19)23-17-22(31(37)33-14-15-35)27-21-11-5-6-12-24(21)40-30(27)28(23)36/h2-13,16-17,23,27-28,30,35-36H,14-15,18H2,1H3,(H,33,37). The summed E-state index contributed by atoms with van der Waals surface area (Å²) in [7, 11) is 1.53. The van der Waals surface area contributed by atoms with E-state index >= 15 is 0 Å². The summed E-state index contributed by atoms with van der Waals surface area (Å²) in [5, 5.41) is 24.5. The molecule has 41 heavy (non-hydrogen) atoms. The normalized spacial score (nSPS) is 20.9. The molecule has 2 amide bonds. The zero-order valence-electron chi connectivity index (χ0n) is 22.4. The van der Waals surface area contributed by atoms with E-state index in [1.54, 1.807) is 24.3 Å². The minimum Gasteiger partial charge on any atom is -0.493 e. The molecule has 9 nitrogen and oxygen atoms in total.